The van der Waals surface area contributed by atoms with Gasteiger partial charge in [-0.25, -0.2) is 0 Å². The van der Waals surface area contributed by atoms with E-state index in [1.807, 2.05) is 0 Å². The van der Waals surface area contributed by atoms with Gasteiger partial charge < -0.3 is 15.5 Å². The van der Waals surface area contributed by atoms with Crippen molar-refractivity contribution in [2.75, 3.05) is 31.1 Å². The molecule has 2 saturated heterocycles. The molecule has 0 radical (unpaired) electrons. The first-order valence-electron chi connectivity index (χ1n) is 8.31. The van der Waals surface area contributed by atoms with E-state index in [2.05, 4.69) is 10.6 Å². The third-order valence-electron chi connectivity index (χ3n) is 4.70. The smallest absolute Gasteiger partial charge is 0.239 e. The van der Waals surface area contributed by atoms with Gasteiger partial charge in [0.25, 0.3) is 0 Å². The van der Waals surface area contributed by atoms with Gasteiger partial charge >= 0.3 is 0 Å². The summed E-state index contributed by atoms with van der Waals surface area (Å²) in [6.07, 6.45) is 2.77. The number of carbonyl (C=O) groups is 2. The van der Waals surface area contributed by atoms with Crippen LogP contribution in [0.1, 0.15) is 19.3 Å². The Labute approximate surface area is 163 Å². The van der Waals surface area contributed by atoms with Gasteiger partial charge in [0.1, 0.15) is 5.92 Å². The largest absolute Gasteiger partial charge is 0.355 e. The molecule has 0 saturated carbocycles. The molecule has 2 N–H and O–H groups in total. The molecule has 138 valence electrons. The van der Waals surface area contributed by atoms with Crippen molar-refractivity contribution in [1.82, 2.24) is 10.6 Å². The predicted octanol–water partition coefficient (Wildman–Crippen LogP) is 2.88. The molecule has 2 heterocycles. The Morgan fingerprint density at radius 2 is 2.08 bits per heavy atom. The molecule has 0 spiro atoms. The van der Waals surface area contributed by atoms with Crippen LogP contribution >= 0.6 is 35.6 Å². The van der Waals surface area contributed by atoms with E-state index in [1.54, 1.807) is 23.1 Å². The maximum Gasteiger partial charge on any atom is 0.239 e. The second-order valence-corrected chi connectivity index (χ2v) is 7.20. The average Bonchev–Trinajstić information content (AvgIpc) is 2.98. The van der Waals surface area contributed by atoms with Crippen LogP contribution in [0.5, 0.6) is 0 Å². The molecule has 2 aliphatic heterocycles. The zero-order chi connectivity index (χ0) is 17.1. The highest BCUT2D eigenvalue weighted by atomic mass is 35.5. The van der Waals surface area contributed by atoms with E-state index in [-0.39, 0.29) is 24.2 Å². The van der Waals surface area contributed by atoms with Gasteiger partial charge in [-0.1, -0.05) is 23.2 Å². The number of nitrogens with one attached hydrogen (secondary N) is 2. The van der Waals surface area contributed by atoms with Crippen LogP contribution in [0.25, 0.3) is 0 Å². The van der Waals surface area contributed by atoms with Crippen molar-refractivity contribution >= 4 is 53.1 Å². The Morgan fingerprint density at radius 1 is 1.28 bits per heavy atom. The topological polar surface area (TPSA) is 61.4 Å². The highest BCUT2D eigenvalue weighted by Crippen LogP contribution is 2.31. The van der Waals surface area contributed by atoms with Gasteiger partial charge in [-0.2, -0.15) is 0 Å². The lowest BCUT2D eigenvalue weighted by Gasteiger charge is -2.23. The lowest BCUT2D eigenvalue weighted by molar-refractivity contribution is -0.132. The number of hydrogen-bond donors (Lipinski definition) is 2. The molecule has 2 unspecified atom stereocenters. The van der Waals surface area contributed by atoms with E-state index in [4.69, 9.17) is 23.2 Å². The van der Waals surface area contributed by atoms with Crippen molar-refractivity contribution in [1.29, 1.82) is 0 Å². The van der Waals surface area contributed by atoms with E-state index < -0.39 is 5.92 Å². The zero-order valence-corrected chi connectivity index (χ0v) is 16.1. The molecule has 8 heteroatoms. The number of nitrogens with zero attached hydrogens (tertiary/aromatic N) is 1. The first kappa shape index (κ1) is 20.3. The summed E-state index contributed by atoms with van der Waals surface area (Å²) in [5, 5.41) is 7.12. The molecule has 0 aliphatic carbocycles. The average molecular weight is 407 g/mol. The molecule has 0 aromatic heterocycles. The second kappa shape index (κ2) is 9.08. The number of halogens is 3. The summed E-state index contributed by atoms with van der Waals surface area (Å²) in [5.74, 6) is -0.512. The van der Waals surface area contributed by atoms with Gasteiger partial charge in [0, 0.05) is 18.8 Å². The number of amides is 2. The highest BCUT2D eigenvalue weighted by molar-refractivity contribution is 6.42. The Hall–Kier alpha value is -1.01. The van der Waals surface area contributed by atoms with E-state index in [0.717, 1.165) is 25.9 Å². The van der Waals surface area contributed by atoms with Crippen LogP contribution < -0.4 is 15.5 Å². The summed E-state index contributed by atoms with van der Waals surface area (Å²) >= 11 is 11.9. The summed E-state index contributed by atoms with van der Waals surface area (Å²) in [5.41, 5.74) is 0.682. The molecule has 25 heavy (non-hydrogen) atoms. The number of piperidine rings is 1. The van der Waals surface area contributed by atoms with Crippen LogP contribution in [0.4, 0.5) is 5.69 Å². The van der Waals surface area contributed by atoms with Crippen LogP contribution in [-0.4, -0.2) is 38.0 Å². The van der Waals surface area contributed by atoms with Crippen LogP contribution in [-0.2, 0) is 9.59 Å². The van der Waals surface area contributed by atoms with Crippen LogP contribution in [0.2, 0.25) is 10.0 Å². The predicted molar refractivity (Wildman–Crippen MR) is 103 cm³/mol. The number of benzene rings is 1. The van der Waals surface area contributed by atoms with Crippen molar-refractivity contribution in [2.24, 2.45) is 11.8 Å². The minimum absolute atomic E-state index is 0. The lowest BCUT2D eigenvalue weighted by Crippen LogP contribution is -2.42. The fraction of sp³-hybridized carbons (Fsp3) is 0.529. The minimum Gasteiger partial charge on any atom is -0.355 e. The molecule has 5 nitrogen and oxygen atoms in total. The van der Waals surface area contributed by atoms with Gasteiger partial charge in [0.05, 0.1) is 10.0 Å². The zero-order valence-electron chi connectivity index (χ0n) is 13.8. The van der Waals surface area contributed by atoms with Crippen molar-refractivity contribution < 1.29 is 9.59 Å². The first-order valence-corrected chi connectivity index (χ1v) is 9.06. The maximum atomic E-state index is 12.6. The standard InChI is InChI=1S/C17H21Cl2N3O2.ClH/c18-14-4-3-12(8-15(14)19)22-7-5-13(17(22)24)16(23)21-10-11-2-1-6-20-9-11;/h3-4,8,11,13,20H,1-2,5-7,9-10H2,(H,21,23);1H. The van der Waals surface area contributed by atoms with E-state index in [9.17, 15) is 9.59 Å². The molecule has 1 aromatic carbocycles. The van der Waals surface area contributed by atoms with Crippen molar-refractivity contribution in [3.63, 3.8) is 0 Å². The normalized spacial score (nSPS) is 23.3. The summed E-state index contributed by atoms with van der Waals surface area (Å²) in [4.78, 5) is 26.5. The molecule has 3 rings (SSSR count). The second-order valence-electron chi connectivity index (χ2n) is 6.39. The summed E-state index contributed by atoms with van der Waals surface area (Å²) in [7, 11) is 0. The van der Waals surface area contributed by atoms with Gasteiger partial charge in [0.2, 0.25) is 11.8 Å². The highest BCUT2D eigenvalue weighted by Gasteiger charge is 2.37. The van der Waals surface area contributed by atoms with Crippen LogP contribution in [0.15, 0.2) is 18.2 Å². The molecule has 2 atom stereocenters. The fourth-order valence-electron chi connectivity index (χ4n) is 3.30. The molecule has 2 fully saturated rings. The van der Waals surface area contributed by atoms with Crippen molar-refractivity contribution in [3.05, 3.63) is 28.2 Å². The molecular formula is C17H22Cl3N3O2. The number of rotatable bonds is 4. The van der Waals surface area contributed by atoms with Gasteiger partial charge in [-0.15, -0.1) is 12.4 Å². The van der Waals surface area contributed by atoms with E-state index >= 15 is 0 Å². The van der Waals surface area contributed by atoms with Crippen LogP contribution in [0.3, 0.4) is 0 Å². The molecular weight excluding hydrogens is 385 g/mol. The van der Waals surface area contributed by atoms with Gasteiger partial charge in [0.15, 0.2) is 0 Å². The number of carbonyl (C=O) groups excluding carboxylic acids is 2. The summed E-state index contributed by atoms with van der Waals surface area (Å²) in [6, 6.07) is 5.08. The Kier molecular flexibility index (Phi) is 7.37. The van der Waals surface area contributed by atoms with E-state index in [1.165, 1.54) is 0 Å². The Balaban J connectivity index is 0.00000225. The molecule has 0 bridgehead atoms. The number of hydrogen-bond acceptors (Lipinski definition) is 3. The maximum absolute atomic E-state index is 12.6. The summed E-state index contributed by atoms with van der Waals surface area (Å²) in [6.45, 7) is 3.11. The SMILES string of the molecule is Cl.O=C(NCC1CCCNC1)C1CCN(c2ccc(Cl)c(Cl)c2)C1=O. The summed E-state index contributed by atoms with van der Waals surface area (Å²) < 4.78 is 0. The third kappa shape index (κ3) is 4.79. The Morgan fingerprint density at radius 3 is 2.76 bits per heavy atom. The molecule has 2 aliphatic rings. The van der Waals surface area contributed by atoms with Crippen molar-refractivity contribution in [2.45, 2.75) is 19.3 Å². The van der Waals surface area contributed by atoms with Gasteiger partial charge in [-0.05, 0) is 56.5 Å². The third-order valence-corrected chi connectivity index (χ3v) is 5.44. The quantitative estimate of drug-likeness (QED) is 0.756. The monoisotopic (exact) mass is 405 g/mol. The van der Waals surface area contributed by atoms with Gasteiger partial charge in [-0.3, -0.25) is 9.59 Å². The minimum atomic E-state index is -0.615. The fourth-order valence-corrected chi connectivity index (χ4v) is 3.59. The Bertz CT molecular complexity index is 636. The van der Waals surface area contributed by atoms with Crippen molar-refractivity contribution in [3.8, 4) is 0 Å². The first-order chi connectivity index (χ1) is 11.6. The number of anilines is 1. The molecule has 2 amide bonds. The molecule has 1 aromatic rings. The van der Waals surface area contributed by atoms with Crippen LogP contribution in [0, 0.1) is 11.8 Å². The van der Waals surface area contributed by atoms with E-state index in [0.29, 0.717) is 41.2 Å². The lowest BCUT2D eigenvalue weighted by atomic mass is 9.99.